The van der Waals surface area contributed by atoms with Gasteiger partial charge in [0.2, 0.25) is 0 Å². The molecule has 0 saturated carbocycles. The first kappa shape index (κ1) is 17.9. The molecule has 5 nitrogen and oxygen atoms in total. The van der Waals surface area contributed by atoms with Crippen LogP contribution in [0.25, 0.3) is 0 Å². The van der Waals surface area contributed by atoms with Crippen LogP contribution in [-0.2, 0) is 23.8 Å². The number of hydrogen-bond acceptors (Lipinski definition) is 5. The monoisotopic (exact) mass is 322 g/mol. The third-order valence-electron chi connectivity index (χ3n) is 4.73. The first-order valence-electron chi connectivity index (χ1n) is 7.99. The van der Waals surface area contributed by atoms with Crippen molar-refractivity contribution in [2.75, 3.05) is 20.3 Å². The third kappa shape index (κ3) is 3.72. The molecule has 0 unspecified atom stereocenters. The van der Waals surface area contributed by atoms with Crippen molar-refractivity contribution in [3.8, 4) is 0 Å². The number of carbonyl (C=O) groups is 2. The molecule has 0 aromatic carbocycles. The van der Waals surface area contributed by atoms with E-state index in [4.69, 9.17) is 14.2 Å². The fraction of sp³-hybridized carbons (Fsp3) is 0.667. The van der Waals surface area contributed by atoms with Crippen LogP contribution in [0.1, 0.15) is 40.5 Å². The molecule has 0 spiro atoms. The maximum absolute atomic E-state index is 12.2. The number of ketones is 1. The lowest BCUT2D eigenvalue weighted by Gasteiger charge is -2.35. The molecule has 1 atom stereocenters. The molecule has 1 saturated heterocycles. The van der Waals surface area contributed by atoms with Gasteiger partial charge in [0.25, 0.3) is 0 Å². The number of allylic oxidation sites excluding steroid dienone is 2. The lowest BCUT2D eigenvalue weighted by Crippen LogP contribution is -2.39. The predicted molar refractivity (Wildman–Crippen MR) is 85.7 cm³/mol. The summed E-state index contributed by atoms with van der Waals surface area (Å²) in [6, 6.07) is 0. The third-order valence-corrected chi connectivity index (χ3v) is 4.73. The second kappa shape index (κ2) is 6.57. The number of rotatable bonds is 3. The Bertz CT molecular complexity index is 548. The Morgan fingerprint density at radius 3 is 2.43 bits per heavy atom. The maximum Gasteiger partial charge on any atom is 0.316 e. The van der Waals surface area contributed by atoms with Crippen LogP contribution in [0.15, 0.2) is 23.3 Å². The quantitative estimate of drug-likeness (QED) is 0.748. The van der Waals surface area contributed by atoms with Crippen LogP contribution >= 0.6 is 0 Å². The minimum atomic E-state index is -0.779. The fourth-order valence-corrected chi connectivity index (χ4v) is 3.04. The van der Waals surface area contributed by atoms with Crippen molar-refractivity contribution >= 4 is 11.8 Å². The highest BCUT2D eigenvalue weighted by molar-refractivity contribution is 6.00. The van der Waals surface area contributed by atoms with Crippen molar-refractivity contribution in [1.29, 1.82) is 0 Å². The number of hydrogen-bond donors (Lipinski definition) is 0. The van der Waals surface area contributed by atoms with E-state index in [2.05, 4.69) is 0 Å². The molecular weight excluding hydrogens is 296 g/mol. The normalized spacial score (nSPS) is 29.2. The van der Waals surface area contributed by atoms with E-state index in [0.29, 0.717) is 31.6 Å². The van der Waals surface area contributed by atoms with Crippen LogP contribution in [0.4, 0.5) is 0 Å². The highest BCUT2D eigenvalue weighted by atomic mass is 16.7. The molecule has 5 heteroatoms. The molecule has 0 amide bonds. The van der Waals surface area contributed by atoms with Gasteiger partial charge in [-0.05, 0) is 45.3 Å². The topological polar surface area (TPSA) is 61.8 Å². The van der Waals surface area contributed by atoms with E-state index in [9.17, 15) is 9.59 Å². The Morgan fingerprint density at radius 2 is 1.87 bits per heavy atom. The number of esters is 1. The van der Waals surface area contributed by atoms with E-state index in [1.807, 2.05) is 32.9 Å². The first-order valence-corrected chi connectivity index (χ1v) is 7.99. The van der Waals surface area contributed by atoms with Gasteiger partial charge < -0.3 is 14.2 Å². The zero-order valence-corrected chi connectivity index (χ0v) is 14.6. The SMILES string of the molecule is COC(=O)[C@@]1(C)CCC(=O)C(C)=C1/C=C/C1COC(C)(C)OC1. The average molecular weight is 322 g/mol. The molecule has 1 heterocycles. The summed E-state index contributed by atoms with van der Waals surface area (Å²) < 4.78 is 16.2. The lowest BCUT2D eigenvalue weighted by atomic mass is 9.70. The summed E-state index contributed by atoms with van der Waals surface area (Å²) in [6.45, 7) is 8.49. The molecule has 2 aliphatic rings. The minimum absolute atomic E-state index is 0.0864. The van der Waals surface area contributed by atoms with Crippen LogP contribution in [0, 0.1) is 11.3 Å². The van der Waals surface area contributed by atoms with Crippen molar-refractivity contribution in [3.05, 3.63) is 23.3 Å². The van der Waals surface area contributed by atoms with E-state index in [1.165, 1.54) is 7.11 Å². The summed E-state index contributed by atoms with van der Waals surface area (Å²) >= 11 is 0. The van der Waals surface area contributed by atoms with Crippen molar-refractivity contribution in [3.63, 3.8) is 0 Å². The van der Waals surface area contributed by atoms with E-state index >= 15 is 0 Å². The molecule has 0 bridgehead atoms. The molecule has 23 heavy (non-hydrogen) atoms. The summed E-state index contributed by atoms with van der Waals surface area (Å²) in [4.78, 5) is 24.3. The molecule has 0 aromatic heterocycles. The van der Waals surface area contributed by atoms with Gasteiger partial charge in [0, 0.05) is 12.3 Å². The lowest BCUT2D eigenvalue weighted by molar-refractivity contribution is -0.256. The molecule has 1 aliphatic carbocycles. The van der Waals surface area contributed by atoms with Crippen LogP contribution < -0.4 is 0 Å². The molecule has 0 radical (unpaired) electrons. The number of Topliss-reactive ketones (excluding diaryl/α,β-unsaturated/α-hetero) is 1. The van der Waals surface area contributed by atoms with Gasteiger partial charge >= 0.3 is 5.97 Å². The minimum Gasteiger partial charge on any atom is -0.468 e. The van der Waals surface area contributed by atoms with Crippen LogP contribution in [-0.4, -0.2) is 37.9 Å². The van der Waals surface area contributed by atoms with Gasteiger partial charge in [-0.15, -0.1) is 0 Å². The largest absolute Gasteiger partial charge is 0.468 e. The summed E-state index contributed by atoms with van der Waals surface area (Å²) in [6.07, 6.45) is 4.69. The van der Waals surface area contributed by atoms with E-state index in [-0.39, 0.29) is 17.7 Å². The Labute approximate surface area is 137 Å². The Kier molecular flexibility index (Phi) is 5.11. The van der Waals surface area contributed by atoms with Gasteiger partial charge in [-0.25, -0.2) is 0 Å². The zero-order chi connectivity index (χ0) is 17.3. The smallest absolute Gasteiger partial charge is 0.316 e. The van der Waals surface area contributed by atoms with Gasteiger partial charge in [-0.3, -0.25) is 9.59 Å². The second-order valence-electron chi connectivity index (χ2n) is 6.93. The number of ether oxygens (including phenoxy) is 3. The summed E-state index contributed by atoms with van der Waals surface area (Å²) in [5.74, 6) is -0.673. The van der Waals surface area contributed by atoms with E-state index in [0.717, 1.165) is 5.57 Å². The van der Waals surface area contributed by atoms with Crippen LogP contribution in [0.2, 0.25) is 0 Å². The van der Waals surface area contributed by atoms with E-state index < -0.39 is 11.2 Å². The van der Waals surface area contributed by atoms with Crippen LogP contribution in [0.3, 0.4) is 0 Å². The molecule has 1 aliphatic heterocycles. The van der Waals surface area contributed by atoms with E-state index in [1.54, 1.807) is 6.92 Å². The van der Waals surface area contributed by atoms with Gasteiger partial charge in [-0.2, -0.15) is 0 Å². The molecule has 128 valence electrons. The Hall–Kier alpha value is -1.46. The van der Waals surface area contributed by atoms with Gasteiger partial charge in [0.1, 0.15) is 0 Å². The van der Waals surface area contributed by atoms with Crippen molar-refractivity contribution in [2.24, 2.45) is 11.3 Å². The molecule has 1 fully saturated rings. The highest BCUT2D eigenvalue weighted by Gasteiger charge is 2.42. The van der Waals surface area contributed by atoms with Crippen molar-refractivity contribution in [2.45, 2.75) is 46.3 Å². The highest BCUT2D eigenvalue weighted by Crippen LogP contribution is 2.41. The fourth-order valence-electron chi connectivity index (χ4n) is 3.04. The van der Waals surface area contributed by atoms with Crippen LogP contribution in [0.5, 0.6) is 0 Å². The predicted octanol–water partition coefficient (Wildman–Crippen LogP) is 2.80. The molecule has 0 N–H and O–H groups in total. The van der Waals surface area contributed by atoms with Crippen molar-refractivity contribution < 1.29 is 23.8 Å². The van der Waals surface area contributed by atoms with Gasteiger partial charge in [-0.1, -0.05) is 12.2 Å². The summed E-state index contributed by atoms with van der Waals surface area (Å²) in [5.41, 5.74) is 0.600. The van der Waals surface area contributed by atoms with Crippen molar-refractivity contribution in [1.82, 2.24) is 0 Å². The Balaban J connectivity index is 2.23. The summed E-state index contributed by atoms with van der Waals surface area (Å²) in [7, 11) is 1.38. The molecule has 0 aromatic rings. The first-order chi connectivity index (χ1) is 10.7. The molecular formula is C18H26O5. The van der Waals surface area contributed by atoms with Gasteiger partial charge in [0.05, 0.1) is 25.7 Å². The zero-order valence-electron chi connectivity index (χ0n) is 14.6. The van der Waals surface area contributed by atoms with Gasteiger partial charge in [0.15, 0.2) is 11.6 Å². The number of methoxy groups -OCH3 is 1. The number of carbonyl (C=O) groups excluding carboxylic acids is 2. The second-order valence-corrected chi connectivity index (χ2v) is 6.93. The average Bonchev–Trinajstić information content (AvgIpc) is 2.51. The molecule has 2 rings (SSSR count). The standard InChI is InChI=1S/C18H26O5/c1-12-14(7-6-13-10-22-17(2,3)23-11-13)18(4,16(20)21-5)9-8-15(12)19/h6-7,13H,8-11H2,1-5H3/b7-6+/t18-/m0/s1. The summed E-state index contributed by atoms with van der Waals surface area (Å²) in [5, 5.41) is 0. The maximum atomic E-state index is 12.2. The Morgan fingerprint density at radius 1 is 1.26 bits per heavy atom.